The van der Waals surface area contributed by atoms with Crippen LogP contribution in [-0.4, -0.2) is 25.7 Å². The molecule has 1 heterocycles. The standard InChI is InChI=1S/C4H4NO3/c6-3-8-4-5-1-2-7-4/h1-2H2. The zero-order valence-electron chi connectivity index (χ0n) is 4.09. The van der Waals surface area contributed by atoms with Crippen LogP contribution in [0.5, 0.6) is 0 Å². The molecule has 0 atom stereocenters. The van der Waals surface area contributed by atoms with E-state index in [1.807, 2.05) is 0 Å². The van der Waals surface area contributed by atoms with Gasteiger partial charge in [-0.2, -0.15) is 0 Å². The summed E-state index contributed by atoms with van der Waals surface area (Å²) in [6, 6.07) is 0. The van der Waals surface area contributed by atoms with Crippen molar-refractivity contribution in [2.75, 3.05) is 13.2 Å². The quantitative estimate of drug-likeness (QED) is 0.459. The number of carbonyl (C=O) groups excluding carboxylic acids is 1. The van der Waals surface area contributed by atoms with E-state index in [0.29, 0.717) is 13.2 Å². The Labute approximate surface area is 46.1 Å². The second-order valence-corrected chi connectivity index (χ2v) is 1.18. The molecule has 0 amide bonds. The van der Waals surface area contributed by atoms with Gasteiger partial charge in [-0.15, -0.1) is 0 Å². The Morgan fingerprint density at radius 3 is 3.25 bits per heavy atom. The summed E-state index contributed by atoms with van der Waals surface area (Å²) >= 11 is 0. The summed E-state index contributed by atoms with van der Waals surface area (Å²) in [5, 5.41) is 0. The second-order valence-electron chi connectivity index (χ2n) is 1.18. The van der Waals surface area contributed by atoms with Gasteiger partial charge in [0.25, 0.3) is 0 Å². The first-order valence-corrected chi connectivity index (χ1v) is 2.15. The predicted octanol–water partition coefficient (Wildman–Crippen LogP) is -0.544. The van der Waals surface area contributed by atoms with E-state index in [9.17, 15) is 4.79 Å². The van der Waals surface area contributed by atoms with Crippen LogP contribution < -0.4 is 0 Å². The zero-order chi connectivity index (χ0) is 5.82. The van der Waals surface area contributed by atoms with Crippen molar-refractivity contribution < 1.29 is 14.3 Å². The monoisotopic (exact) mass is 114 g/mol. The molecular weight excluding hydrogens is 110 g/mol. The number of hydrogen-bond acceptors (Lipinski definition) is 4. The van der Waals surface area contributed by atoms with Crippen molar-refractivity contribution in [3.63, 3.8) is 0 Å². The van der Waals surface area contributed by atoms with Gasteiger partial charge in [0.2, 0.25) is 0 Å². The summed E-state index contributed by atoms with van der Waals surface area (Å²) in [5.74, 6) is 0. The molecule has 4 nitrogen and oxygen atoms in total. The van der Waals surface area contributed by atoms with Crippen LogP contribution in [0.3, 0.4) is 0 Å². The summed E-state index contributed by atoms with van der Waals surface area (Å²) in [5.41, 5.74) is 0. The molecule has 0 aromatic carbocycles. The van der Waals surface area contributed by atoms with E-state index in [2.05, 4.69) is 14.5 Å². The van der Waals surface area contributed by atoms with E-state index in [1.165, 1.54) is 6.47 Å². The highest BCUT2D eigenvalue weighted by atomic mass is 16.7. The lowest BCUT2D eigenvalue weighted by Crippen LogP contribution is -2.02. The van der Waals surface area contributed by atoms with Gasteiger partial charge in [0.15, 0.2) is 0 Å². The predicted molar refractivity (Wildman–Crippen MR) is 25.0 cm³/mol. The van der Waals surface area contributed by atoms with Crippen LogP contribution in [0.1, 0.15) is 0 Å². The average Bonchev–Trinajstić information content (AvgIpc) is 2.19. The fourth-order valence-electron chi connectivity index (χ4n) is 0.413. The van der Waals surface area contributed by atoms with Crippen molar-refractivity contribution in [2.24, 2.45) is 4.99 Å². The molecule has 0 aliphatic carbocycles. The smallest absolute Gasteiger partial charge is 0.426 e. The van der Waals surface area contributed by atoms with E-state index in [1.54, 1.807) is 0 Å². The van der Waals surface area contributed by atoms with Gasteiger partial charge in [-0.1, -0.05) is 0 Å². The Balaban J connectivity index is 2.33. The third-order valence-corrected chi connectivity index (χ3v) is 0.687. The lowest BCUT2D eigenvalue weighted by molar-refractivity contribution is 0.262. The molecular formula is C4H4NO3. The van der Waals surface area contributed by atoms with Gasteiger partial charge in [-0.05, 0) is 0 Å². The summed E-state index contributed by atoms with van der Waals surface area (Å²) < 4.78 is 8.78. The molecule has 1 radical (unpaired) electrons. The molecule has 8 heavy (non-hydrogen) atoms. The van der Waals surface area contributed by atoms with Crippen LogP contribution in [0.4, 0.5) is 0 Å². The minimum atomic E-state index is 0.0278. The first-order chi connectivity index (χ1) is 3.93. The van der Waals surface area contributed by atoms with Crippen LogP contribution in [0, 0.1) is 0 Å². The van der Waals surface area contributed by atoms with E-state index in [4.69, 9.17) is 0 Å². The molecule has 0 bridgehead atoms. The minimum Gasteiger partial charge on any atom is -0.448 e. The van der Waals surface area contributed by atoms with Gasteiger partial charge in [-0.25, -0.2) is 9.79 Å². The van der Waals surface area contributed by atoms with Gasteiger partial charge in [0, 0.05) is 0 Å². The molecule has 0 spiro atoms. The highest BCUT2D eigenvalue weighted by Gasteiger charge is 2.06. The highest BCUT2D eigenvalue weighted by Crippen LogP contribution is 1.92. The Kier molecular flexibility index (Phi) is 1.46. The van der Waals surface area contributed by atoms with Crippen LogP contribution in [-0.2, 0) is 14.3 Å². The van der Waals surface area contributed by atoms with E-state index < -0.39 is 0 Å². The Hall–Kier alpha value is -1.06. The fraction of sp³-hybridized carbons (Fsp3) is 0.500. The van der Waals surface area contributed by atoms with Gasteiger partial charge < -0.3 is 9.47 Å². The fourth-order valence-corrected chi connectivity index (χ4v) is 0.413. The van der Waals surface area contributed by atoms with Crippen LogP contribution in [0.25, 0.3) is 0 Å². The van der Waals surface area contributed by atoms with Gasteiger partial charge in [-0.3, -0.25) is 0 Å². The van der Waals surface area contributed by atoms with Crippen molar-refractivity contribution in [3.8, 4) is 0 Å². The Bertz CT molecular complexity index is 120. The minimum absolute atomic E-state index is 0.0278. The molecule has 0 saturated heterocycles. The summed E-state index contributed by atoms with van der Waals surface area (Å²) in [4.78, 5) is 13.1. The first kappa shape index (κ1) is 5.08. The molecule has 4 heteroatoms. The van der Waals surface area contributed by atoms with E-state index >= 15 is 0 Å². The normalized spacial score (nSPS) is 16.8. The Morgan fingerprint density at radius 2 is 2.75 bits per heavy atom. The van der Waals surface area contributed by atoms with Crippen LogP contribution in [0.15, 0.2) is 4.99 Å². The third kappa shape index (κ3) is 0.959. The molecule has 43 valence electrons. The van der Waals surface area contributed by atoms with Crippen molar-refractivity contribution in [1.29, 1.82) is 0 Å². The van der Waals surface area contributed by atoms with Gasteiger partial charge >= 0.3 is 12.6 Å². The number of ether oxygens (including phenoxy) is 2. The largest absolute Gasteiger partial charge is 0.448 e. The summed E-state index contributed by atoms with van der Waals surface area (Å²) in [7, 11) is 0. The third-order valence-electron chi connectivity index (χ3n) is 0.687. The highest BCUT2D eigenvalue weighted by molar-refractivity contribution is 5.75. The molecule has 0 N–H and O–H groups in total. The van der Waals surface area contributed by atoms with Crippen molar-refractivity contribution >= 4 is 12.6 Å². The van der Waals surface area contributed by atoms with E-state index in [-0.39, 0.29) is 6.08 Å². The molecule has 0 unspecified atom stereocenters. The maximum absolute atomic E-state index is 9.45. The van der Waals surface area contributed by atoms with Crippen molar-refractivity contribution in [1.82, 2.24) is 0 Å². The lowest BCUT2D eigenvalue weighted by Gasteiger charge is -1.91. The molecule has 0 aromatic heterocycles. The van der Waals surface area contributed by atoms with Gasteiger partial charge in [0.05, 0.1) is 6.54 Å². The molecule has 1 rings (SSSR count). The van der Waals surface area contributed by atoms with Crippen molar-refractivity contribution in [2.45, 2.75) is 0 Å². The maximum Gasteiger partial charge on any atom is 0.426 e. The molecule has 1 aliphatic heterocycles. The topological polar surface area (TPSA) is 47.9 Å². The number of aliphatic imine (C=N–C) groups is 1. The molecule has 1 aliphatic rings. The molecule has 0 saturated carbocycles. The van der Waals surface area contributed by atoms with Gasteiger partial charge in [0.1, 0.15) is 6.61 Å². The Morgan fingerprint density at radius 1 is 1.88 bits per heavy atom. The first-order valence-electron chi connectivity index (χ1n) is 2.15. The molecule has 0 aromatic rings. The van der Waals surface area contributed by atoms with E-state index in [0.717, 1.165) is 0 Å². The number of hydrogen-bond donors (Lipinski definition) is 0. The number of rotatable bonds is 1. The van der Waals surface area contributed by atoms with Crippen LogP contribution in [0.2, 0.25) is 0 Å². The summed E-state index contributed by atoms with van der Waals surface area (Å²) in [6.07, 6.45) is 0.0278. The van der Waals surface area contributed by atoms with Crippen molar-refractivity contribution in [3.05, 3.63) is 0 Å². The van der Waals surface area contributed by atoms with Crippen LogP contribution >= 0.6 is 0 Å². The second kappa shape index (κ2) is 2.30. The lowest BCUT2D eigenvalue weighted by atomic mass is 10.8. The molecule has 0 fully saturated rings. The zero-order valence-corrected chi connectivity index (χ0v) is 4.09. The summed E-state index contributed by atoms with van der Waals surface area (Å²) in [6.45, 7) is 2.27. The average molecular weight is 114 g/mol. The SMILES string of the molecule is O=[C]OC1=NCCO1. The number of nitrogens with zero attached hydrogens (tertiary/aromatic N) is 1. The maximum atomic E-state index is 9.45.